The lowest BCUT2D eigenvalue weighted by atomic mass is 10.0. The van der Waals surface area contributed by atoms with E-state index in [1.54, 1.807) is 6.07 Å². The second kappa shape index (κ2) is 5.86. The van der Waals surface area contributed by atoms with E-state index in [1.807, 2.05) is 13.8 Å². The average molecular weight is 268 g/mol. The summed E-state index contributed by atoms with van der Waals surface area (Å²) in [6.45, 7) is 5.00. The summed E-state index contributed by atoms with van der Waals surface area (Å²) in [5.41, 5.74) is 7.63. The Balaban J connectivity index is 2.33. The van der Waals surface area contributed by atoms with Crippen LogP contribution in [0.2, 0.25) is 0 Å². The molecule has 1 aromatic carbocycles. The van der Waals surface area contributed by atoms with Crippen molar-refractivity contribution in [2.24, 2.45) is 5.73 Å². The fraction of sp³-hybridized carbons (Fsp3) is 0.571. The highest BCUT2D eigenvalue weighted by atomic mass is 19.1. The number of hydrogen-bond acceptors (Lipinski definition) is 4. The maximum Gasteiger partial charge on any atom is 0.123 e. The second-order valence-corrected chi connectivity index (χ2v) is 5.13. The highest BCUT2D eigenvalue weighted by Crippen LogP contribution is 2.29. The van der Waals surface area contributed by atoms with Gasteiger partial charge in [0.15, 0.2) is 0 Å². The molecule has 0 radical (unpaired) electrons. The summed E-state index contributed by atoms with van der Waals surface area (Å²) in [5.74, 6) is -0.282. The first kappa shape index (κ1) is 14.2. The van der Waals surface area contributed by atoms with Crippen molar-refractivity contribution in [3.63, 3.8) is 0 Å². The molecule has 0 saturated carbocycles. The molecule has 1 heterocycles. The zero-order chi connectivity index (χ0) is 14.0. The molecule has 1 aliphatic rings. The van der Waals surface area contributed by atoms with E-state index in [2.05, 4.69) is 4.90 Å². The minimum absolute atomic E-state index is 0.0159. The number of rotatable bonds is 3. The van der Waals surface area contributed by atoms with Crippen LogP contribution in [-0.4, -0.2) is 37.0 Å². The Bertz CT molecular complexity index is 439. The van der Waals surface area contributed by atoms with Crippen LogP contribution in [0.1, 0.15) is 25.5 Å². The Morgan fingerprint density at radius 3 is 2.95 bits per heavy atom. The Morgan fingerprint density at radius 1 is 1.58 bits per heavy atom. The van der Waals surface area contributed by atoms with Crippen LogP contribution in [0.15, 0.2) is 18.2 Å². The summed E-state index contributed by atoms with van der Waals surface area (Å²) in [6.07, 6.45) is -0.206. The van der Waals surface area contributed by atoms with E-state index < -0.39 is 0 Å². The topological polar surface area (TPSA) is 58.7 Å². The quantitative estimate of drug-likeness (QED) is 0.870. The number of anilines is 1. The van der Waals surface area contributed by atoms with Crippen LogP contribution in [-0.2, 0) is 4.74 Å². The van der Waals surface area contributed by atoms with Crippen molar-refractivity contribution in [3.8, 4) is 0 Å². The third-order valence-electron chi connectivity index (χ3n) is 3.50. The van der Waals surface area contributed by atoms with Crippen molar-refractivity contribution in [2.75, 3.05) is 24.7 Å². The summed E-state index contributed by atoms with van der Waals surface area (Å²) in [7, 11) is 0. The van der Waals surface area contributed by atoms with Crippen LogP contribution >= 0.6 is 0 Å². The third kappa shape index (κ3) is 3.05. The normalized spacial score (nSPS) is 25.4. The summed E-state index contributed by atoms with van der Waals surface area (Å²) >= 11 is 0. The van der Waals surface area contributed by atoms with Crippen molar-refractivity contribution in [3.05, 3.63) is 29.6 Å². The molecule has 1 saturated heterocycles. The Hall–Kier alpha value is -1.17. The SMILES string of the molecule is CC1COC(CO)CN1c1ccc(F)cc1[C@@H](C)N. The lowest BCUT2D eigenvalue weighted by Gasteiger charge is -2.40. The van der Waals surface area contributed by atoms with Crippen molar-refractivity contribution in [1.29, 1.82) is 0 Å². The van der Waals surface area contributed by atoms with Crippen LogP contribution in [0.3, 0.4) is 0 Å². The van der Waals surface area contributed by atoms with Gasteiger partial charge in [0.2, 0.25) is 0 Å². The van der Waals surface area contributed by atoms with Crippen LogP contribution in [0, 0.1) is 5.82 Å². The average Bonchev–Trinajstić information content (AvgIpc) is 2.39. The highest BCUT2D eigenvalue weighted by Gasteiger charge is 2.27. The second-order valence-electron chi connectivity index (χ2n) is 5.13. The number of aliphatic hydroxyl groups is 1. The summed E-state index contributed by atoms with van der Waals surface area (Å²) in [5, 5.41) is 9.23. The van der Waals surface area contributed by atoms with Crippen molar-refractivity contribution in [2.45, 2.75) is 32.0 Å². The fourth-order valence-corrected chi connectivity index (χ4v) is 2.42. The highest BCUT2D eigenvalue weighted by molar-refractivity contribution is 5.56. The molecule has 0 aromatic heterocycles. The van der Waals surface area contributed by atoms with Gasteiger partial charge in [0, 0.05) is 24.3 Å². The molecule has 1 fully saturated rings. The predicted molar refractivity (Wildman–Crippen MR) is 72.6 cm³/mol. The Morgan fingerprint density at radius 2 is 2.32 bits per heavy atom. The third-order valence-corrected chi connectivity index (χ3v) is 3.50. The smallest absolute Gasteiger partial charge is 0.123 e. The van der Waals surface area contributed by atoms with E-state index in [1.165, 1.54) is 12.1 Å². The molecule has 2 rings (SSSR count). The number of ether oxygens (including phenoxy) is 1. The van der Waals surface area contributed by atoms with E-state index in [-0.39, 0.29) is 30.6 Å². The first-order chi connectivity index (χ1) is 9.02. The lowest BCUT2D eigenvalue weighted by molar-refractivity contribution is -0.0103. The molecule has 1 aliphatic heterocycles. The monoisotopic (exact) mass is 268 g/mol. The maximum atomic E-state index is 13.4. The van der Waals surface area contributed by atoms with E-state index in [0.29, 0.717) is 13.2 Å². The number of hydrogen-bond donors (Lipinski definition) is 2. The van der Waals surface area contributed by atoms with Gasteiger partial charge in [0.1, 0.15) is 5.82 Å². The van der Waals surface area contributed by atoms with Crippen LogP contribution < -0.4 is 10.6 Å². The van der Waals surface area contributed by atoms with Gasteiger partial charge in [-0.05, 0) is 37.6 Å². The first-order valence-electron chi connectivity index (χ1n) is 6.57. The van der Waals surface area contributed by atoms with E-state index in [4.69, 9.17) is 10.5 Å². The molecule has 4 nitrogen and oxygen atoms in total. The number of morpholine rings is 1. The molecule has 0 aliphatic carbocycles. The lowest BCUT2D eigenvalue weighted by Crippen LogP contribution is -2.50. The summed E-state index contributed by atoms with van der Waals surface area (Å²) in [4.78, 5) is 2.13. The van der Waals surface area contributed by atoms with Gasteiger partial charge in [-0.2, -0.15) is 0 Å². The molecule has 0 amide bonds. The number of aliphatic hydroxyl groups excluding tert-OH is 1. The number of benzene rings is 1. The first-order valence-corrected chi connectivity index (χ1v) is 6.57. The zero-order valence-corrected chi connectivity index (χ0v) is 11.3. The predicted octanol–water partition coefficient (Wildman–Crippen LogP) is 1.43. The Kier molecular flexibility index (Phi) is 4.39. The minimum atomic E-state index is -0.282. The fourth-order valence-electron chi connectivity index (χ4n) is 2.42. The van der Waals surface area contributed by atoms with Crippen molar-refractivity contribution in [1.82, 2.24) is 0 Å². The van der Waals surface area contributed by atoms with E-state index >= 15 is 0 Å². The van der Waals surface area contributed by atoms with Gasteiger partial charge in [0.05, 0.1) is 19.3 Å². The number of halogens is 1. The molecule has 5 heteroatoms. The number of nitrogens with zero attached hydrogens (tertiary/aromatic N) is 1. The molecule has 0 bridgehead atoms. The molecular formula is C14H21FN2O2. The van der Waals surface area contributed by atoms with Crippen molar-refractivity contribution < 1.29 is 14.2 Å². The number of nitrogens with two attached hydrogens (primary N) is 1. The van der Waals surface area contributed by atoms with Crippen LogP contribution in [0.4, 0.5) is 10.1 Å². The molecule has 106 valence electrons. The minimum Gasteiger partial charge on any atom is -0.394 e. The van der Waals surface area contributed by atoms with E-state index in [9.17, 15) is 9.50 Å². The van der Waals surface area contributed by atoms with Gasteiger partial charge in [-0.15, -0.1) is 0 Å². The van der Waals surface area contributed by atoms with Gasteiger partial charge in [-0.25, -0.2) is 4.39 Å². The van der Waals surface area contributed by atoms with Gasteiger partial charge < -0.3 is 20.5 Å². The molecule has 0 spiro atoms. The largest absolute Gasteiger partial charge is 0.394 e. The molecule has 1 aromatic rings. The molecular weight excluding hydrogens is 247 g/mol. The van der Waals surface area contributed by atoms with Crippen LogP contribution in [0.5, 0.6) is 0 Å². The molecule has 2 unspecified atom stereocenters. The van der Waals surface area contributed by atoms with Gasteiger partial charge >= 0.3 is 0 Å². The van der Waals surface area contributed by atoms with Crippen molar-refractivity contribution >= 4 is 5.69 Å². The van der Waals surface area contributed by atoms with Gasteiger partial charge in [-0.1, -0.05) is 0 Å². The molecule has 3 atom stereocenters. The van der Waals surface area contributed by atoms with Gasteiger partial charge in [-0.3, -0.25) is 0 Å². The molecule has 19 heavy (non-hydrogen) atoms. The summed E-state index contributed by atoms with van der Waals surface area (Å²) < 4.78 is 18.9. The maximum absolute atomic E-state index is 13.4. The standard InChI is InChI=1S/C14H21FN2O2/c1-9-8-19-12(7-18)6-17(9)14-4-3-11(15)5-13(14)10(2)16/h3-5,9-10,12,18H,6-8,16H2,1-2H3/t9?,10-,12?/m1/s1. The Labute approximate surface area is 113 Å². The zero-order valence-electron chi connectivity index (χ0n) is 11.3. The summed E-state index contributed by atoms with van der Waals surface area (Å²) in [6, 6.07) is 4.61. The van der Waals surface area contributed by atoms with Crippen LogP contribution in [0.25, 0.3) is 0 Å². The van der Waals surface area contributed by atoms with Gasteiger partial charge in [0.25, 0.3) is 0 Å². The molecule has 3 N–H and O–H groups in total. The van der Waals surface area contributed by atoms with E-state index in [0.717, 1.165) is 11.3 Å².